The molecule has 3 nitrogen and oxygen atoms in total. The van der Waals surface area contributed by atoms with Crippen molar-refractivity contribution in [1.82, 2.24) is 9.78 Å². The van der Waals surface area contributed by atoms with Crippen molar-refractivity contribution in [2.45, 2.75) is 77.7 Å². The van der Waals surface area contributed by atoms with Crippen LogP contribution in [0, 0.1) is 11.3 Å². The number of hydrogen-bond acceptors (Lipinski definition) is 2. The maximum Gasteiger partial charge on any atom is 0.141 e. The second kappa shape index (κ2) is 5.94. The molecule has 2 aliphatic rings. The lowest BCUT2D eigenvalue weighted by molar-refractivity contribution is -0.123. The molecule has 0 aromatic carbocycles. The van der Waals surface area contributed by atoms with Gasteiger partial charge in [0.05, 0.1) is 18.2 Å². The van der Waals surface area contributed by atoms with Crippen molar-refractivity contribution in [3.8, 4) is 0 Å². The number of Topliss-reactive ketones (excluding diaryl/α,β-unsaturated/α-hetero) is 1. The summed E-state index contributed by atoms with van der Waals surface area (Å²) in [4.78, 5) is 12.5. The van der Waals surface area contributed by atoms with E-state index in [0.29, 0.717) is 23.7 Å². The number of hydrogen-bond donors (Lipinski definition) is 0. The molecule has 0 N–H and O–H groups in total. The average Bonchev–Trinajstić information content (AvgIpc) is 3.08. The van der Waals surface area contributed by atoms with Crippen LogP contribution in [-0.4, -0.2) is 15.6 Å². The van der Waals surface area contributed by atoms with Crippen LogP contribution in [0.5, 0.6) is 0 Å². The highest BCUT2D eigenvalue weighted by Crippen LogP contribution is 2.38. The molecule has 1 heterocycles. The van der Waals surface area contributed by atoms with Crippen LogP contribution in [0.25, 0.3) is 0 Å². The van der Waals surface area contributed by atoms with E-state index in [2.05, 4.69) is 29.8 Å². The Labute approximate surface area is 128 Å². The lowest BCUT2D eigenvalue weighted by Gasteiger charge is -2.33. The molecule has 2 aliphatic carbocycles. The molecule has 2 fully saturated rings. The first-order valence-electron chi connectivity index (χ1n) is 8.60. The Kier molecular flexibility index (Phi) is 4.19. The van der Waals surface area contributed by atoms with Crippen LogP contribution in [0.2, 0.25) is 0 Å². The van der Waals surface area contributed by atoms with Gasteiger partial charge in [-0.05, 0) is 50.0 Å². The third kappa shape index (κ3) is 3.56. The molecular weight excluding hydrogens is 260 g/mol. The standard InChI is InChI=1S/C18H28N2O/c1-18(2)10-7-14(8-11-18)17(21)13-15-9-12-20(19-15)16-5-3-4-6-16/h9,12,14,16H,3-8,10-11,13H2,1-2H3. The molecule has 1 aromatic heterocycles. The van der Waals surface area contributed by atoms with Crippen molar-refractivity contribution < 1.29 is 4.79 Å². The van der Waals surface area contributed by atoms with Gasteiger partial charge >= 0.3 is 0 Å². The Morgan fingerprint density at radius 3 is 2.57 bits per heavy atom. The van der Waals surface area contributed by atoms with E-state index < -0.39 is 0 Å². The second-order valence-electron chi connectivity index (χ2n) is 7.81. The Hall–Kier alpha value is -1.12. The topological polar surface area (TPSA) is 34.9 Å². The maximum atomic E-state index is 12.5. The largest absolute Gasteiger partial charge is 0.299 e. The summed E-state index contributed by atoms with van der Waals surface area (Å²) >= 11 is 0. The van der Waals surface area contributed by atoms with Crippen molar-refractivity contribution in [3.63, 3.8) is 0 Å². The van der Waals surface area contributed by atoms with E-state index in [1.54, 1.807) is 0 Å². The number of rotatable bonds is 4. The minimum absolute atomic E-state index is 0.273. The predicted molar refractivity (Wildman–Crippen MR) is 84.2 cm³/mol. The van der Waals surface area contributed by atoms with E-state index in [1.807, 2.05) is 6.07 Å². The molecule has 0 aliphatic heterocycles. The van der Waals surface area contributed by atoms with Crippen LogP contribution in [0.4, 0.5) is 0 Å². The summed E-state index contributed by atoms with van der Waals surface area (Å²) in [6, 6.07) is 2.62. The van der Waals surface area contributed by atoms with Crippen molar-refractivity contribution >= 4 is 5.78 Å². The van der Waals surface area contributed by atoms with Crippen molar-refractivity contribution in [1.29, 1.82) is 0 Å². The zero-order valence-corrected chi connectivity index (χ0v) is 13.5. The van der Waals surface area contributed by atoms with Gasteiger partial charge < -0.3 is 0 Å². The predicted octanol–water partition coefficient (Wildman–Crippen LogP) is 4.33. The van der Waals surface area contributed by atoms with E-state index in [0.717, 1.165) is 18.5 Å². The monoisotopic (exact) mass is 288 g/mol. The highest BCUT2D eigenvalue weighted by molar-refractivity contribution is 5.82. The summed E-state index contributed by atoms with van der Waals surface area (Å²) in [7, 11) is 0. The smallest absolute Gasteiger partial charge is 0.141 e. The first-order chi connectivity index (χ1) is 10.0. The lowest BCUT2D eigenvalue weighted by Crippen LogP contribution is -2.27. The SMILES string of the molecule is CC1(C)CCC(C(=O)Cc2ccn(C3CCCC3)n2)CC1. The molecule has 1 aromatic rings. The number of carbonyl (C=O) groups is 1. The molecule has 116 valence electrons. The van der Waals surface area contributed by atoms with E-state index in [1.165, 1.54) is 38.5 Å². The molecule has 0 radical (unpaired) electrons. The van der Waals surface area contributed by atoms with Gasteiger partial charge in [0.15, 0.2) is 0 Å². The summed E-state index contributed by atoms with van der Waals surface area (Å²) in [5.41, 5.74) is 1.40. The van der Waals surface area contributed by atoms with Gasteiger partial charge in [-0.1, -0.05) is 26.7 Å². The van der Waals surface area contributed by atoms with Crippen LogP contribution in [-0.2, 0) is 11.2 Å². The summed E-state index contributed by atoms with van der Waals surface area (Å²) in [6.07, 6.45) is 12.2. The second-order valence-corrected chi connectivity index (χ2v) is 7.81. The Balaban J connectivity index is 1.55. The quantitative estimate of drug-likeness (QED) is 0.826. The summed E-state index contributed by atoms with van der Waals surface area (Å²) in [6.45, 7) is 4.63. The molecule has 0 saturated heterocycles. The third-order valence-corrected chi connectivity index (χ3v) is 5.51. The number of aromatic nitrogens is 2. The van der Waals surface area contributed by atoms with E-state index in [-0.39, 0.29) is 5.92 Å². The van der Waals surface area contributed by atoms with Crippen LogP contribution >= 0.6 is 0 Å². The average molecular weight is 288 g/mol. The molecule has 21 heavy (non-hydrogen) atoms. The van der Waals surface area contributed by atoms with E-state index >= 15 is 0 Å². The normalized spacial score (nSPS) is 23.5. The third-order valence-electron chi connectivity index (χ3n) is 5.51. The number of nitrogens with zero attached hydrogens (tertiary/aromatic N) is 2. The first-order valence-corrected chi connectivity index (χ1v) is 8.60. The van der Waals surface area contributed by atoms with Gasteiger partial charge in [0.2, 0.25) is 0 Å². The van der Waals surface area contributed by atoms with Crippen LogP contribution < -0.4 is 0 Å². The van der Waals surface area contributed by atoms with E-state index in [9.17, 15) is 4.79 Å². The minimum atomic E-state index is 0.273. The molecule has 3 rings (SSSR count). The van der Waals surface area contributed by atoms with Gasteiger partial charge in [0.25, 0.3) is 0 Å². The van der Waals surface area contributed by atoms with Crippen molar-refractivity contribution in [2.24, 2.45) is 11.3 Å². The maximum absolute atomic E-state index is 12.5. The van der Waals surface area contributed by atoms with Crippen LogP contribution in [0.1, 0.15) is 76.9 Å². The van der Waals surface area contributed by atoms with Gasteiger partial charge in [-0.3, -0.25) is 9.48 Å². The van der Waals surface area contributed by atoms with Gasteiger partial charge in [0, 0.05) is 12.1 Å². The fraction of sp³-hybridized carbons (Fsp3) is 0.778. The first kappa shape index (κ1) is 14.8. The fourth-order valence-electron chi connectivity index (χ4n) is 3.89. The van der Waals surface area contributed by atoms with Crippen molar-refractivity contribution in [3.05, 3.63) is 18.0 Å². The molecule has 0 bridgehead atoms. The zero-order valence-electron chi connectivity index (χ0n) is 13.5. The highest BCUT2D eigenvalue weighted by Gasteiger charge is 2.30. The molecule has 0 unspecified atom stereocenters. The highest BCUT2D eigenvalue weighted by atomic mass is 16.1. The summed E-state index contributed by atoms with van der Waals surface area (Å²) < 4.78 is 2.10. The van der Waals surface area contributed by atoms with Crippen LogP contribution in [0.15, 0.2) is 12.3 Å². The number of carbonyl (C=O) groups excluding carboxylic acids is 1. The Morgan fingerprint density at radius 1 is 1.24 bits per heavy atom. The lowest BCUT2D eigenvalue weighted by atomic mass is 9.71. The van der Waals surface area contributed by atoms with Gasteiger partial charge in [0.1, 0.15) is 5.78 Å². The molecular formula is C18H28N2O. The molecule has 2 saturated carbocycles. The van der Waals surface area contributed by atoms with E-state index in [4.69, 9.17) is 0 Å². The Morgan fingerprint density at radius 2 is 1.90 bits per heavy atom. The van der Waals surface area contributed by atoms with Crippen LogP contribution in [0.3, 0.4) is 0 Å². The molecule has 0 amide bonds. The molecule has 3 heteroatoms. The molecule has 0 spiro atoms. The summed E-state index contributed by atoms with van der Waals surface area (Å²) in [5, 5.41) is 4.65. The minimum Gasteiger partial charge on any atom is -0.299 e. The van der Waals surface area contributed by atoms with Crippen molar-refractivity contribution in [2.75, 3.05) is 0 Å². The van der Waals surface area contributed by atoms with Gasteiger partial charge in [-0.2, -0.15) is 5.10 Å². The fourth-order valence-corrected chi connectivity index (χ4v) is 3.89. The zero-order chi connectivity index (χ0) is 14.9. The summed E-state index contributed by atoms with van der Waals surface area (Å²) in [5.74, 6) is 0.678. The van der Waals surface area contributed by atoms with Gasteiger partial charge in [-0.25, -0.2) is 0 Å². The molecule has 0 atom stereocenters. The number of ketones is 1. The van der Waals surface area contributed by atoms with Gasteiger partial charge in [-0.15, -0.1) is 0 Å². The Bertz CT molecular complexity index is 487.